The molecule has 232 valence electrons. The Bertz CT molecular complexity index is 1490. The Morgan fingerprint density at radius 1 is 0.587 bits per heavy atom. The van der Waals surface area contributed by atoms with E-state index in [1.54, 1.807) is 20.3 Å². The number of aliphatic hydroxyl groups is 1. The quantitative estimate of drug-likeness (QED) is 0.116. The highest BCUT2D eigenvalue weighted by Crippen LogP contribution is 2.52. The van der Waals surface area contributed by atoms with E-state index < -0.39 is 42.4 Å². The topological polar surface area (TPSA) is 57.2 Å². The first-order valence-corrected chi connectivity index (χ1v) is 15.6. The van der Waals surface area contributed by atoms with Crippen molar-refractivity contribution < 1.29 is 23.9 Å². The molecule has 0 saturated carbocycles. The van der Waals surface area contributed by atoms with Gasteiger partial charge in [-0.2, -0.15) is 0 Å². The molecule has 5 aromatic carbocycles. The van der Waals surface area contributed by atoms with E-state index in [4.69, 9.17) is 18.8 Å². The second kappa shape index (κ2) is 14.0. The maximum atomic E-state index is 11.7. The van der Waals surface area contributed by atoms with E-state index in [2.05, 4.69) is 6.58 Å². The highest BCUT2D eigenvalue weighted by molar-refractivity contribution is 6.48. The van der Waals surface area contributed by atoms with Crippen LogP contribution in [0.5, 0.6) is 0 Å². The highest BCUT2D eigenvalue weighted by atomic mass is 16.7. The van der Waals surface area contributed by atoms with Crippen LogP contribution in [0.3, 0.4) is 0 Å². The minimum absolute atomic E-state index is 0.614. The van der Waals surface area contributed by atoms with E-state index in [9.17, 15) is 5.11 Å². The molecule has 0 spiro atoms. The molecular formula is C40H39BO5. The second-order valence-electron chi connectivity index (χ2n) is 11.5. The average Bonchev–Trinajstić information content (AvgIpc) is 3.57. The molecule has 0 bridgehead atoms. The molecule has 0 amide bonds. The van der Waals surface area contributed by atoms with Gasteiger partial charge in [-0.25, -0.2) is 0 Å². The molecule has 4 atom stereocenters. The van der Waals surface area contributed by atoms with E-state index >= 15 is 0 Å². The molecule has 0 aromatic heterocycles. The Hall–Kier alpha value is -4.30. The molecule has 1 heterocycles. The normalized spacial score (nSPS) is 18.2. The Kier molecular flexibility index (Phi) is 9.64. The highest BCUT2D eigenvalue weighted by Gasteiger charge is 2.63. The van der Waals surface area contributed by atoms with Gasteiger partial charge in [-0.15, -0.1) is 6.58 Å². The van der Waals surface area contributed by atoms with Crippen molar-refractivity contribution in [3.8, 4) is 0 Å². The predicted octanol–water partition coefficient (Wildman–Crippen LogP) is 7.73. The van der Waals surface area contributed by atoms with Gasteiger partial charge in [0, 0.05) is 20.0 Å². The molecule has 1 fully saturated rings. The third kappa shape index (κ3) is 5.53. The molecule has 1 saturated heterocycles. The fourth-order valence-electron chi connectivity index (χ4n) is 6.96. The molecule has 5 nitrogen and oxygen atoms in total. The third-order valence-corrected chi connectivity index (χ3v) is 9.18. The summed E-state index contributed by atoms with van der Waals surface area (Å²) in [5.74, 6) is -0.614. The van der Waals surface area contributed by atoms with Crippen LogP contribution in [0.25, 0.3) is 0 Å². The minimum Gasteiger partial charge on any atom is -0.401 e. The molecule has 6 rings (SSSR count). The van der Waals surface area contributed by atoms with Gasteiger partial charge in [0.15, 0.2) is 0 Å². The summed E-state index contributed by atoms with van der Waals surface area (Å²) in [7, 11) is 2.51. The van der Waals surface area contributed by atoms with E-state index in [0.29, 0.717) is 0 Å². The SMILES string of the molecule is C=C[C@H](B1O[C@@H](C(OC)(c2ccccc2)c2ccccc2)[C@H](C(OC)(c2ccccc2)c2ccccc2)O1)[C@@H](O)c1ccccc1. The molecule has 0 unspecified atom stereocenters. The van der Waals surface area contributed by atoms with Crippen molar-refractivity contribution in [3.63, 3.8) is 0 Å². The predicted molar refractivity (Wildman–Crippen MR) is 182 cm³/mol. The molecule has 1 aliphatic rings. The van der Waals surface area contributed by atoms with Crippen LogP contribution in [0, 0.1) is 0 Å². The molecule has 5 aromatic rings. The zero-order valence-corrected chi connectivity index (χ0v) is 26.2. The lowest BCUT2D eigenvalue weighted by molar-refractivity contribution is -0.136. The standard InChI is InChI=1S/C40H39BO5/c1-4-35(36(42)30-20-10-5-11-21-30)41-45-37(39(43-2,31-22-12-6-13-23-31)32-24-14-7-15-25-32)38(46-41)40(44-3,33-26-16-8-17-27-33)34-28-18-9-19-29-34/h4-29,35-38,42H,1H2,2-3H3/t35-,36-,37+,38+/m0/s1. The monoisotopic (exact) mass is 610 g/mol. The van der Waals surface area contributed by atoms with Crippen LogP contribution >= 0.6 is 0 Å². The molecule has 1 N–H and O–H groups in total. The Balaban J connectivity index is 1.61. The van der Waals surface area contributed by atoms with Crippen LogP contribution < -0.4 is 0 Å². The number of hydrogen-bond acceptors (Lipinski definition) is 5. The summed E-state index contributed by atoms with van der Waals surface area (Å²) in [5.41, 5.74) is 2.05. The number of aliphatic hydroxyl groups excluding tert-OH is 1. The summed E-state index contributed by atoms with van der Waals surface area (Å²) in [6, 6.07) is 49.8. The molecule has 6 heteroatoms. The van der Waals surface area contributed by atoms with E-state index in [0.717, 1.165) is 27.8 Å². The lowest BCUT2D eigenvalue weighted by Gasteiger charge is -2.47. The number of hydrogen-bond donors (Lipinski definition) is 1. The van der Waals surface area contributed by atoms with Crippen molar-refractivity contribution in [1.82, 2.24) is 0 Å². The summed E-state index contributed by atoms with van der Waals surface area (Å²) < 4.78 is 27.6. The fourth-order valence-corrected chi connectivity index (χ4v) is 6.96. The first kappa shape index (κ1) is 31.7. The Morgan fingerprint density at radius 3 is 1.17 bits per heavy atom. The number of methoxy groups -OCH3 is 2. The van der Waals surface area contributed by atoms with Gasteiger partial charge >= 0.3 is 7.12 Å². The van der Waals surface area contributed by atoms with Crippen LogP contribution in [0.1, 0.15) is 33.9 Å². The Labute approximate surface area is 272 Å². The van der Waals surface area contributed by atoms with Gasteiger partial charge in [-0.05, 0) is 27.8 Å². The van der Waals surface area contributed by atoms with Crippen LogP contribution in [0.15, 0.2) is 164 Å². The average molecular weight is 611 g/mol. The van der Waals surface area contributed by atoms with Crippen molar-refractivity contribution in [1.29, 1.82) is 0 Å². The number of rotatable bonds is 12. The van der Waals surface area contributed by atoms with Gasteiger partial charge in [0.25, 0.3) is 0 Å². The van der Waals surface area contributed by atoms with Gasteiger partial charge in [-0.3, -0.25) is 0 Å². The summed E-state index contributed by atoms with van der Waals surface area (Å²) in [4.78, 5) is 0. The second-order valence-corrected chi connectivity index (χ2v) is 11.5. The van der Waals surface area contributed by atoms with Crippen molar-refractivity contribution >= 4 is 7.12 Å². The van der Waals surface area contributed by atoms with Crippen LogP contribution in [-0.2, 0) is 30.0 Å². The number of ether oxygens (including phenoxy) is 2. The summed E-state index contributed by atoms with van der Waals surface area (Å²) in [5, 5.41) is 11.7. The lowest BCUT2D eigenvalue weighted by atomic mass is 9.67. The molecule has 46 heavy (non-hydrogen) atoms. The van der Waals surface area contributed by atoms with Gasteiger partial charge in [-0.1, -0.05) is 158 Å². The first-order chi connectivity index (χ1) is 22.6. The molecular weight excluding hydrogens is 571 g/mol. The van der Waals surface area contributed by atoms with Gasteiger partial charge in [0.2, 0.25) is 0 Å². The first-order valence-electron chi connectivity index (χ1n) is 15.6. The van der Waals surface area contributed by atoms with Crippen molar-refractivity contribution in [3.05, 3.63) is 192 Å². The molecule has 0 aliphatic carbocycles. The Morgan fingerprint density at radius 2 is 0.891 bits per heavy atom. The smallest absolute Gasteiger partial charge is 0.401 e. The zero-order chi connectivity index (χ0) is 32.0. The fraction of sp³-hybridized carbons (Fsp3) is 0.200. The van der Waals surface area contributed by atoms with Crippen LogP contribution in [0.2, 0.25) is 5.82 Å². The lowest BCUT2D eigenvalue weighted by Crippen LogP contribution is -2.56. The van der Waals surface area contributed by atoms with Gasteiger partial charge in [0.1, 0.15) is 23.4 Å². The molecule has 1 aliphatic heterocycles. The van der Waals surface area contributed by atoms with Crippen LogP contribution in [0.4, 0.5) is 0 Å². The van der Waals surface area contributed by atoms with Crippen LogP contribution in [-0.4, -0.2) is 38.7 Å². The number of benzene rings is 5. The van der Waals surface area contributed by atoms with Crippen molar-refractivity contribution in [2.24, 2.45) is 0 Å². The van der Waals surface area contributed by atoms with E-state index in [1.807, 2.05) is 152 Å². The summed E-state index contributed by atoms with van der Waals surface area (Å²) in [6.45, 7) is 4.12. The maximum Gasteiger partial charge on any atom is 0.468 e. The molecule has 0 radical (unpaired) electrons. The summed E-state index contributed by atoms with van der Waals surface area (Å²) in [6.07, 6.45) is -0.754. The summed E-state index contributed by atoms with van der Waals surface area (Å²) >= 11 is 0. The van der Waals surface area contributed by atoms with Crippen molar-refractivity contribution in [2.45, 2.75) is 35.3 Å². The van der Waals surface area contributed by atoms with Gasteiger partial charge in [0.05, 0.1) is 6.10 Å². The zero-order valence-electron chi connectivity index (χ0n) is 26.2. The van der Waals surface area contributed by atoms with Gasteiger partial charge < -0.3 is 23.9 Å². The van der Waals surface area contributed by atoms with Crippen molar-refractivity contribution in [2.75, 3.05) is 14.2 Å². The van der Waals surface area contributed by atoms with E-state index in [1.165, 1.54) is 0 Å². The third-order valence-electron chi connectivity index (χ3n) is 9.18. The van der Waals surface area contributed by atoms with E-state index in [-0.39, 0.29) is 0 Å². The maximum absolute atomic E-state index is 11.7. The largest absolute Gasteiger partial charge is 0.468 e. The minimum atomic E-state index is -1.14.